The Hall–Kier alpha value is -1.87. The summed E-state index contributed by atoms with van der Waals surface area (Å²) >= 11 is 0. The van der Waals surface area contributed by atoms with Crippen LogP contribution < -0.4 is 5.14 Å². The Morgan fingerprint density at radius 2 is 2.00 bits per heavy atom. The van der Waals surface area contributed by atoms with Gasteiger partial charge in [0.05, 0.1) is 0 Å². The number of aromatic nitrogens is 1. The number of hydrogen-bond acceptors (Lipinski definition) is 4. The van der Waals surface area contributed by atoms with Crippen LogP contribution in [-0.4, -0.2) is 48.0 Å². The summed E-state index contributed by atoms with van der Waals surface area (Å²) in [6.45, 7) is 3.50. The van der Waals surface area contributed by atoms with Crippen LogP contribution in [0.25, 0.3) is 0 Å². The number of nitrogens with zero attached hydrogens (tertiary/aromatic N) is 2. The van der Waals surface area contributed by atoms with Crippen molar-refractivity contribution in [2.75, 3.05) is 13.1 Å². The van der Waals surface area contributed by atoms with Gasteiger partial charge in [-0.25, -0.2) is 13.6 Å². The van der Waals surface area contributed by atoms with Gasteiger partial charge in [0.1, 0.15) is 17.1 Å². The van der Waals surface area contributed by atoms with Gasteiger partial charge in [0.15, 0.2) is 0 Å². The summed E-state index contributed by atoms with van der Waals surface area (Å²) in [5, 5.41) is 13.9. The third-order valence-electron chi connectivity index (χ3n) is 2.73. The maximum atomic E-state index is 12.4. The topological polar surface area (TPSA) is 123 Å². The lowest BCUT2D eigenvalue weighted by molar-refractivity contribution is -0.137. The van der Waals surface area contributed by atoms with Crippen molar-refractivity contribution in [3.8, 4) is 0 Å². The number of carboxylic acid groups (broad SMARTS) is 1. The van der Waals surface area contributed by atoms with Crippen LogP contribution in [0.4, 0.5) is 0 Å². The average Bonchev–Trinajstić information content (AvgIpc) is 2.68. The number of aliphatic carboxylic acids is 1. The molecule has 0 aliphatic carbocycles. The van der Waals surface area contributed by atoms with Gasteiger partial charge in [-0.3, -0.25) is 9.59 Å². The summed E-state index contributed by atoms with van der Waals surface area (Å²) in [7, 11) is -2.42. The van der Waals surface area contributed by atoms with E-state index in [4.69, 9.17) is 10.2 Å². The molecule has 0 saturated heterocycles. The number of carbonyl (C=O) groups is 2. The molecule has 118 valence electrons. The number of carboxylic acids is 1. The maximum Gasteiger partial charge on any atom is 0.323 e. The van der Waals surface area contributed by atoms with E-state index in [1.165, 1.54) is 17.8 Å². The van der Waals surface area contributed by atoms with E-state index in [2.05, 4.69) is 0 Å². The predicted octanol–water partition coefficient (Wildman–Crippen LogP) is -0.145. The van der Waals surface area contributed by atoms with Crippen LogP contribution in [-0.2, 0) is 21.9 Å². The molecule has 1 aromatic rings. The SMILES string of the molecule is CC(C)CN(CC(=O)O)C(=O)c1cc(S(N)(=O)=O)cn1C. The lowest BCUT2D eigenvalue weighted by Crippen LogP contribution is -2.39. The smallest absolute Gasteiger partial charge is 0.323 e. The fourth-order valence-corrected chi connectivity index (χ4v) is 2.47. The van der Waals surface area contributed by atoms with E-state index in [1.807, 2.05) is 13.8 Å². The molecule has 0 aliphatic rings. The van der Waals surface area contributed by atoms with Crippen LogP contribution in [0.5, 0.6) is 0 Å². The molecule has 3 N–H and O–H groups in total. The Morgan fingerprint density at radius 3 is 2.38 bits per heavy atom. The maximum absolute atomic E-state index is 12.4. The van der Waals surface area contributed by atoms with Gasteiger partial charge in [-0.05, 0) is 12.0 Å². The molecule has 0 aliphatic heterocycles. The molecule has 0 radical (unpaired) electrons. The second kappa shape index (κ2) is 6.27. The molecule has 8 nitrogen and oxygen atoms in total. The molecule has 0 fully saturated rings. The summed E-state index contributed by atoms with van der Waals surface area (Å²) < 4.78 is 23.9. The quantitative estimate of drug-likeness (QED) is 0.755. The summed E-state index contributed by atoms with van der Waals surface area (Å²) in [5.74, 6) is -1.61. The van der Waals surface area contributed by atoms with Crippen molar-refractivity contribution in [1.29, 1.82) is 0 Å². The van der Waals surface area contributed by atoms with Crippen molar-refractivity contribution in [1.82, 2.24) is 9.47 Å². The van der Waals surface area contributed by atoms with Gasteiger partial charge in [-0.2, -0.15) is 0 Å². The zero-order valence-electron chi connectivity index (χ0n) is 12.1. The fourth-order valence-electron chi connectivity index (χ4n) is 1.89. The highest BCUT2D eigenvalue weighted by Crippen LogP contribution is 2.14. The standard InChI is InChI=1S/C12H19N3O5S/c1-8(2)5-15(7-11(16)17)12(18)10-4-9(6-14(10)3)21(13,19)20/h4,6,8H,5,7H2,1-3H3,(H,16,17)(H2,13,19,20). The third kappa shape index (κ3) is 4.57. The first-order chi connectivity index (χ1) is 9.52. The van der Waals surface area contributed by atoms with E-state index >= 15 is 0 Å². The van der Waals surface area contributed by atoms with Crippen molar-refractivity contribution < 1.29 is 23.1 Å². The molecule has 0 unspecified atom stereocenters. The molecule has 0 atom stereocenters. The molecule has 0 spiro atoms. The fraction of sp³-hybridized carbons (Fsp3) is 0.500. The second-order valence-corrected chi connectivity index (χ2v) is 6.75. The minimum Gasteiger partial charge on any atom is -0.480 e. The third-order valence-corrected chi connectivity index (χ3v) is 3.61. The highest BCUT2D eigenvalue weighted by Gasteiger charge is 2.24. The Bertz CT molecular complexity index is 648. The van der Waals surface area contributed by atoms with Crippen LogP contribution in [0.2, 0.25) is 0 Å². The van der Waals surface area contributed by atoms with E-state index in [0.717, 1.165) is 11.0 Å². The predicted molar refractivity (Wildman–Crippen MR) is 75.2 cm³/mol. The molecule has 21 heavy (non-hydrogen) atoms. The Kier molecular flexibility index (Phi) is 5.13. The number of primary sulfonamides is 1. The minimum absolute atomic E-state index is 0.0703. The molecule has 1 rings (SSSR count). The summed E-state index contributed by atoms with van der Waals surface area (Å²) in [6, 6.07) is 1.15. The van der Waals surface area contributed by atoms with Gasteiger partial charge >= 0.3 is 5.97 Å². The van der Waals surface area contributed by atoms with Crippen molar-refractivity contribution in [3.63, 3.8) is 0 Å². The van der Waals surface area contributed by atoms with Crippen LogP contribution in [0.3, 0.4) is 0 Å². The zero-order chi connectivity index (χ0) is 16.4. The number of carbonyl (C=O) groups excluding carboxylic acids is 1. The van der Waals surface area contributed by atoms with Gasteiger partial charge < -0.3 is 14.6 Å². The van der Waals surface area contributed by atoms with E-state index in [0.29, 0.717) is 0 Å². The molecule has 1 heterocycles. The first-order valence-corrected chi connectivity index (χ1v) is 7.77. The lowest BCUT2D eigenvalue weighted by Gasteiger charge is -2.22. The first kappa shape index (κ1) is 17.2. The Labute approximate surface area is 123 Å². The molecule has 0 bridgehead atoms. The van der Waals surface area contributed by atoms with Gasteiger partial charge in [0.2, 0.25) is 10.0 Å². The molecule has 0 saturated carbocycles. The number of nitrogens with two attached hydrogens (primary N) is 1. The Morgan fingerprint density at radius 1 is 1.43 bits per heavy atom. The van der Waals surface area contributed by atoms with Crippen LogP contribution in [0.15, 0.2) is 17.2 Å². The van der Waals surface area contributed by atoms with Gasteiger partial charge in [-0.15, -0.1) is 0 Å². The lowest BCUT2D eigenvalue weighted by atomic mass is 10.2. The molecular weight excluding hydrogens is 298 g/mol. The van der Waals surface area contributed by atoms with E-state index < -0.39 is 28.4 Å². The summed E-state index contributed by atoms with van der Waals surface area (Å²) in [6.07, 6.45) is 1.22. The highest BCUT2D eigenvalue weighted by atomic mass is 32.2. The van der Waals surface area contributed by atoms with E-state index in [1.54, 1.807) is 0 Å². The number of aryl methyl sites for hydroxylation is 1. The monoisotopic (exact) mass is 317 g/mol. The van der Waals surface area contributed by atoms with Crippen LogP contribution >= 0.6 is 0 Å². The molecule has 9 heteroatoms. The van der Waals surface area contributed by atoms with Crippen molar-refractivity contribution >= 4 is 21.9 Å². The number of amides is 1. The molecular formula is C12H19N3O5S. The normalized spacial score (nSPS) is 11.7. The number of rotatable bonds is 6. The van der Waals surface area contributed by atoms with Crippen LogP contribution in [0, 0.1) is 5.92 Å². The second-order valence-electron chi connectivity index (χ2n) is 5.19. The summed E-state index contributed by atoms with van der Waals surface area (Å²) in [4.78, 5) is 24.2. The van der Waals surface area contributed by atoms with Crippen molar-refractivity contribution in [3.05, 3.63) is 18.0 Å². The van der Waals surface area contributed by atoms with Gasteiger partial charge in [0.25, 0.3) is 5.91 Å². The van der Waals surface area contributed by atoms with E-state index in [9.17, 15) is 18.0 Å². The highest BCUT2D eigenvalue weighted by molar-refractivity contribution is 7.89. The number of sulfonamides is 1. The summed E-state index contributed by atoms with van der Waals surface area (Å²) in [5.41, 5.74) is 0.0703. The minimum atomic E-state index is -3.92. The molecule has 1 aromatic heterocycles. The van der Waals surface area contributed by atoms with Gasteiger partial charge in [0, 0.05) is 19.8 Å². The van der Waals surface area contributed by atoms with E-state index in [-0.39, 0.29) is 23.1 Å². The number of hydrogen-bond donors (Lipinski definition) is 2. The van der Waals surface area contributed by atoms with Crippen molar-refractivity contribution in [2.24, 2.45) is 18.1 Å². The average molecular weight is 317 g/mol. The van der Waals surface area contributed by atoms with Crippen molar-refractivity contribution in [2.45, 2.75) is 18.7 Å². The molecule has 0 aromatic carbocycles. The first-order valence-electron chi connectivity index (χ1n) is 6.22. The largest absolute Gasteiger partial charge is 0.480 e. The van der Waals surface area contributed by atoms with Crippen LogP contribution in [0.1, 0.15) is 24.3 Å². The van der Waals surface area contributed by atoms with Gasteiger partial charge in [-0.1, -0.05) is 13.8 Å². The zero-order valence-corrected chi connectivity index (χ0v) is 12.9. The Balaban J connectivity index is 3.14. The molecule has 1 amide bonds.